The predicted molar refractivity (Wildman–Crippen MR) is 82.2 cm³/mol. The quantitative estimate of drug-likeness (QED) is 0.859. The highest BCUT2D eigenvalue weighted by Gasteiger charge is 2.19. The van der Waals surface area contributed by atoms with E-state index in [-0.39, 0.29) is 5.92 Å². The molecule has 2 rings (SSSR count). The van der Waals surface area contributed by atoms with E-state index < -0.39 is 11.7 Å². The van der Waals surface area contributed by atoms with Gasteiger partial charge in [0.2, 0.25) is 0 Å². The van der Waals surface area contributed by atoms with Gasteiger partial charge in [0.1, 0.15) is 11.9 Å². The number of rotatable bonds is 2. The van der Waals surface area contributed by atoms with E-state index in [2.05, 4.69) is 4.98 Å². The fraction of sp³-hybridized carbons (Fsp3) is 0.375. The van der Waals surface area contributed by atoms with E-state index in [9.17, 15) is 4.79 Å². The van der Waals surface area contributed by atoms with E-state index in [0.29, 0.717) is 5.69 Å². The molecule has 1 heterocycles. The van der Waals surface area contributed by atoms with Gasteiger partial charge in [-0.1, -0.05) is 19.1 Å². The van der Waals surface area contributed by atoms with E-state index in [4.69, 9.17) is 10.5 Å². The van der Waals surface area contributed by atoms with Gasteiger partial charge in [-0.15, -0.1) is 0 Å². The molecule has 0 saturated heterocycles. The van der Waals surface area contributed by atoms with Crippen molar-refractivity contribution in [2.45, 2.75) is 39.2 Å². The first-order chi connectivity index (χ1) is 9.76. The van der Waals surface area contributed by atoms with Crippen molar-refractivity contribution < 1.29 is 9.53 Å². The Hall–Kier alpha value is -2.30. The molecule has 5 nitrogen and oxygen atoms in total. The average Bonchev–Trinajstić information content (AvgIpc) is 2.85. The SMILES string of the molecule is CC(c1cccc(N)c1)c1cn(C(=O)OC(C)(C)C)cn1. The summed E-state index contributed by atoms with van der Waals surface area (Å²) in [6.45, 7) is 7.52. The summed E-state index contributed by atoms with van der Waals surface area (Å²) >= 11 is 0. The van der Waals surface area contributed by atoms with Gasteiger partial charge in [0, 0.05) is 17.8 Å². The summed E-state index contributed by atoms with van der Waals surface area (Å²) in [6, 6.07) is 7.66. The molecule has 0 saturated carbocycles. The van der Waals surface area contributed by atoms with Gasteiger partial charge in [0.05, 0.1) is 5.69 Å². The highest BCUT2D eigenvalue weighted by atomic mass is 16.6. The lowest BCUT2D eigenvalue weighted by atomic mass is 9.98. The topological polar surface area (TPSA) is 70.1 Å². The lowest BCUT2D eigenvalue weighted by molar-refractivity contribution is 0.0536. The van der Waals surface area contributed by atoms with Gasteiger partial charge in [-0.25, -0.2) is 14.3 Å². The largest absolute Gasteiger partial charge is 0.443 e. The molecule has 21 heavy (non-hydrogen) atoms. The summed E-state index contributed by atoms with van der Waals surface area (Å²) in [5.74, 6) is 0.0530. The Balaban J connectivity index is 2.18. The van der Waals surface area contributed by atoms with Crippen molar-refractivity contribution in [1.82, 2.24) is 9.55 Å². The Labute approximate surface area is 124 Å². The molecule has 0 aliphatic rings. The van der Waals surface area contributed by atoms with Gasteiger partial charge < -0.3 is 10.5 Å². The lowest BCUT2D eigenvalue weighted by Crippen LogP contribution is -2.26. The minimum absolute atomic E-state index is 0.0530. The van der Waals surface area contributed by atoms with E-state index in [0.717, 1.165) is 11.3 Å². The molecule has 1 aromatic heterocycles. The van der Waals surface area contributed by atoms with Crippen LogP contribution in [0.4, 0.5) is 10.5 Å². The number of carbonyl (C=O) groups excluding carboxylic acids is 1. The van der Waals surface area contributed by atoms with Crippen molar-refractivity contribution in [2.75, 3.05) is 5.73 Å². The van der Waals surface area contributed by atoms with Gasteiger partial charge in [-0.3, -0.25) is 0 Å². The third kappa shape index (κ3) is 3.84. The average molecular weight is 287 g/mol. The number of hydrogen-bond donors (Lipinski definition) is 1. The molecule has 0 spiro atoms. The van der Waals surface area contributed by atoms with E-state index >= 15 is 0 Å². The molecule has 0 aliphatic heterocycles. The van der Waals surface area contributed by atoms with Crippen molar-refractivity contribution in [2.24, 2.45) is 0 Å². The highest BCUT2D eigenvalue weighted by molar-refractivity contribution is 5.70. The van der Waals surface area contributed by atoms with E-state index in [1.165, 1.54) is 10.9 Å². The first-order valence-electron chi connectivity index (χ1n) is 6.89. The molecule has 0 fully saturated rings. The number of nitrogens with zero attached hydrogens (tertiary/aromatic N) is 2. The van der Waals surface area contributed by atoms with Crippen LogP contribution in [0.3, 0.4) is 0 Å². The summed E-state index contributed by atoms with van der Waals surface area (Å²) in [5.41, 5.74) is 7.84. The number of imidazole rings is 1. The fourth-order valence-electron chi connectivity index (χ4n) is 1.98. The van der Waals surface area contributed by atoms with Crippen LogP contribution in [0.2, 0.25) is 0 Å². The van der Waals surface area contributed by atoms with Gasteiger partial charge >= 0.3 is 6.09 Å². The zero-order chi connectivity index (χ0) is 15.6. The molecule has 1 atom stereocenters. The second kappa shape index (κ2) is 5.60. The molecule has 0 bridgehead atoms. The fourth-order valence-corrected chi connectivity index (χ4v) is 1.98. The number of aromatic nitrogens is 2. The summed E-state index contributed by atoms with van der Waals surface area (Å²) < 4.78 is 6.67. The Morgan fingerprint density at radius 3 is 2.71 bits per heavy atom. The van der Waals surface area contributed by atoms with E-state index in [1.54, 1.807) is 6.20 Å². The van der Waals surface area contributed by atoms with Crippen LogP contribution in [0.5, 0.6) is 0 Å². The zero-order valence-electron chi connectivity index (χ0n) is 12.8. The molecular formula is C16H21N3O2. The number of nitrogen functional groups attached to an aromatic ring is 1. The molecule has 1 unspecified atom stereocenters. The molecule has 5 heteroatoms. The second-order valence-corrected chi connectivity index (χ2v) is 6.08. The minimum Gasteiger partial charge on any atom is -0.443 e. The highest BCUT2D eigenvalue weighted by Crippen LogP contribution is 2.24. The van der Waals surface area contributed by atoms with Crippen molar-refractivity contribution in [1.29, 1.82) is 0 Å². The van der Waals surface area contributed by atoms with Gasteiger partial charge in [-0.2, -0.15) is 0 Å². The summed E-state index contributed by atoms with van der Waals surface area (Å²) in [6.07, 6.45) is 2.75. The molecule has 1 aromatic carbocycles. The monoisotopic (exact) mass is 287 g/mol. The molecule has 0 amide bonds. The van der Waals surface area contributed by atoms with Crippen LogP contribution in [-0.4, -0.2) is 21.2 Å². The van der Waals surface area contributed by atoms with Crippen molar-refractivity contribution in [3.05, 3.63) is 48.0 Å². The summed E-state index contributed by atoms with van der Waals surface area (Å²) in [5, 5.41) is 0. The van der Waals surface area contributed by atoms with Crippen molar-refractivity contribution in [3.8, 4) is 0 Å². The minimum atomic E-state index is -0.527. The Kier molecular flexibility index (Phi) is 4.02. The Morgan fingerprint density at radius 2 is 2.10 bits per heavy atom. The number of ether oxygens (including phenoxy) is 1. The Morgan fingerprint density at radius 1 is 1.38 bits per heavy atom. The number of nitrogens with two attached hydrogens (primary N) is 1. The number of carbonyl (C=O) groups is 1. The molecule has 0 aliphatic carbocycles. The number of hydrogen-bond acceptors (Lipinski definition) is 4. The number of benzene rings is 1. The maximum atomic E-state index is 12.0. The standard InChI is InChI=1S/C16H21N3O2/c1-11(12-6-5-7-13(17)8-12)14-9-19(10-18-14)15(20)21-16(2,3)4/h5-11H,17H2,1-4H3. The first kappa shape index (κ1) is 15.1. The van der Waals surface area contributed by atoms with Crippen LogP contribution < -0.4 is 5.73 Å². The van der Waals surface area contributed by atoms with Gasteiger partial charge in [0.15, 0.2) is 0 Å². The second-order valence-electron chi connectivity index (χ2n) is 6.08. The smallest absolute Gasteiger partial charge is 0.419 e. The maximum Gasteiger partial charge on any atom is 0.419 e. The normalized spacial score (nSPS) is 13.0. The summed E-state index contributed by atoms with van der Waals surface area (Å²) in [4.78, 5) is 16.3. The summed E-state index contributed by atoms with van der Waals surface area (Å²) in [7, 11) is 0. The van der Waals surface area contributed by atoms with Gasteiger partial charge in [0.25, 0.3) is 0 Å². The van der Waals surface area contributed by atoms with Crippen LogP contribution in [-0.2, 0) is 4.74 Å². The molecule has 112 valence electrons. The van der Waals surface area contributed by atoms with E-state index in [1.807, 2.05) is 52.0 Å². The van der Waals surface area contributed by atoms with Crippen LogP contribution in [0.25, 0.3) is 0 Å². The third-order valence-electron chi connectivity index (χ3n) is 3.06. The maximum absolute atomic E-state index is 12.0. The van der Waals surface area contributed by atoms with Crippen LogP contribution in [0.15, 0.2) is 36.8 Å². The molecule has 2 aromatic rings. The van der Waals surface area contributed by atoms with Gasteiger partial charge in [-0.05, 0) is 38.5 Å². The molecular weight excluding hydrogens is 266 g/mol. The zero-order valence-corrected chi connectivity index (χ0v) is 12.8. The predicted octanol–water partition coefficient (Wildman–Crippen LogP) is 3.40. The van der Waals surface area contributed by atoms with Crippen molar-refractivity contribution in [3.63, 3.8) is 0 Å². The third-order valence-corrected chi connectivity index (χ3v) is 3.06. The molecule has 0 radical (unpaired) electrons. The lowest BCUT2D eigenvalue weighted by Gasteiger charge is -2.19. The van der Waals surface area contributed by atoms with Crippen molar-refractivity contribution >= 4 is 11.8 Å². The van der Waals surface area contributed by atoms with Crippen LogP contribution in [0.1, 0.15) is 44.9 Å². The Bertz CT molecular complexity index is 641. The van der Waals surface area contributed by atoms with Crippen LogP contribution in [0, 0.1) is 0 Å². The van der Waals surface area contributed by atoms with Crippen LogP contribution >= 0.6 is 0 Å². The molecule has 2 N–H and O–H groups in total. The number of anilines is 1. The first-order valence-corrected chi connectivity index (χ1v) is 6.89.